The molecule has 0 saturated heterocycles. The van der Waals surface area contributed by atoms with E-state index in [1.165, 1.54) is 7.11 Å². The Morgan fingerprint density at radius 2 is 2.27 bits per heavy atom. The predicted octanol–water partition coefficient (Wildman–Crippen LogP) is 2.45. The van der Waals surface area contributed by atoms with E-state index in [4.69, 9.17) is 4.74 Å². The van der Waals surface area contributed by atoms with Gasteiger partial charge in [0.15, 0.2) is 0 Å². The molecule has 0 aliphatic rings. The van der Waals surface area contributed by atoms with Crippen LogP contribution >= 0.6 is 11.3 Å². The van der Waals surface area contributed by atoms with Gasteiger partial charge in [-0.25, -0.2) is 4.98 Å². The average molecular weight is 227 g/mol. The normalized spacial score (nSPS) is 11.5. The molecule has 0 saturated carbocycles. The second-order valence-corrected chi connectivity index (χ2v) is 5.08. The molecule has 0 bridgehead atoms. The van der Waals surface area contributed by atoms with Crippen molar-refractivity contribution in [1.82, 2.24) is 4.98 Å². The van der Waals surface area contributed by atoms with Gasteiger partial charge in [-0.05, 0) is 20.3 Å². The molecule has 4 heteroatoms. The standard InChI is InChI=1S/C11H17NO2S/c1-5-9-12-8(7-15-9)6-11(2,3)10(13)14-4/h7H,5-6H2,1-4H3. The minimum Gasteiger partial charge on any atom is -0.469 e. The molecular formula is C11H17NO2S. The van der Waals surface area contributed by atoms with Gasteiger partial charge < -0.3 is 4.74 Å². The summed E-state index contributed by atoms with van der Waals surface area (Å²) in [5.74, 6) is -0.187. The molecular weight excluding hydrogens is 210 g/mol. The number of esters is 1. The SMILES string of the molecule is CCc1nc(CC(C)(C)C(=O)OC)cs1. The topological polar surface area (TPSA) is 39.2 Å². The third-order valence-corrected chi connectivity index (χ3v) is 3.30. The van der Waals surface area contributed by atoms with Crippen molar-refractivity contribution in [3.8, 4) is 0 Å². The minimum absolute atomic E-state index is 0.187. The molecule has 0 amide bonds. The maximum Gasteiger partial charge on any atom is 0.311 e. The van der Waals surface area contributed by atoms with Gasteiger partial charge in [-0.3, -0.25) is 4.79 Å². The first-order valence-corrected chi connectivity index (χ1v) is 5.89. The lowest BCUT2D eigenvalue weighted by molar-refractivity contribution is -0.150. The van der Waals surface area contributed by atoms with E-state index in [0.717, 1.165) is 17.1 Å². The third-order valence-electron chi connectivity index (χ3n) is 2.26. The highest BCUT2D eigenvalue weighted by Gasteiger charge is 2.29. The van der Waals surface area contributed by atoms with Crippen molar-refractivity contribution < 1.29 is 9.53 Å². The summed E-state index contributed by atoms with van der Waals surface area (Å²) in [6.07, 6.45) is 1.58. The Morgan fingerprint density at radius 3 is 2.73 bits per heavy atom. The zero-order valence-corrected chi connectivity index (χ0v) is 10.5. The summed E-state index contributed by atoms with van der Waals surface area (Å²) in [6, 6.07) is 0. The van der Waals surface area contributed by atoms with Crippen LogP contribution < -0.4 is 0 Å². The molecule has 0 spiro atoms. The summed E-state index contributed by atoms with van der Waals surface area (Å²) in [5, 5.41) is 3.13. The van der Waals surface area contributed by atoms with E-state index in [-0.39, 0.29) is 5.97 Å². The van der Waals surface area contributed by atoms with E-state index in [1.54, 1.807) is 11.3 Å². The van der Waals surface area contributed by atoms with Crippen LogP contribution in [0.5, 0.6) is 0 Å². The van der Waals surface area contributed by atoms with Gasteiger partial charge in [0, 0.05) is 11.8 Å². The van der Waals surface area contributed by atoms with Crippen molar-refractivity contribution in [2.75, 3.05) is 7.11 Å². The Morgan fingerprint density at radius 1 is 1.60 bits per heavy atom. The molecule has 3 nitrogen and oxygen atoms in total. The summed E-state index contributed by atoms with van der Waals surface area (Å²) < 4.78 is 4.76. The fourth-order valence-electron chi connectivity index (χ4n) is 1.39. The average Bonchev–Trinajstić information content (AvgIpc) is 2.63. The van der Waals surface area contributed by atoms with Crippen molar-refractivity contribution in [2.24, 2.45) is 5.41 Å². The molecule has 1 aromatic heterocycles. The van der Waals surface area contributed by atoms with Crippen molar-refractivity contribution in [1.29, 1.82) is 0 Å². The first-order valence-electron chi connectivity index (χ1n) is 5.01. The van der Waals surface area contributed by atoms with E-state index in [9.17, 15) is 4.79 Å². The lowest BCUT2D eigenvalue weighted by Gasteiger charge is -2.19. The molecule has 84 valence electrons. The van der Waals surface area contributed by atoms with Crippen LogP contribution in [0.4, 0.5) is 0 Å². The number of carbonyl (C=O) groups is 1. The fourth-order valence-corrected chi connectivity index (χ4v) is 2.14. The van der Waals surface area contributed by atoms with Gasteiger partial charge in [0.2, 0.25) is 0 Å². The summed E-state index contributed by atoms with van der Waals surface area (Å²) in [6.45, 7) is 5.83. The molecule has 0 N–H and O–H groups in total. The highest BCUT2D eigenvalue weighted by atomic mass is 32.1. The van der Waals surface area contributed by atoms with Crippen molar-refractivity contribution in [2.45, 2.75) is 33.6 Å². The first kappa shape index (κ1) is 12.2. The number of methoxy groups -OCH3 is 1. The van der Waals surface area contributed by atoms with Gasteiger partial charge in [-0.1, -0.05) is 6.92 Å². The Hall–Kier alpha value is -0.900. The van der Waals surface area contributed by atoms with E-state index < -0.39 is 5.41 Å². The zero-order chi connectivity index (χ0) is 11.5. The Labute approximate surface area is 94.5 Å². The lowest BCUT2D eigenvalue weighted by Crippen LogP contribution is -2.28. The smallest absolute Gasteiger partial charge is 0.311 e. The zero-order valence-electron chi connectivity index (χ0n) is 9.66. The summed E-state index contributed by atoms with van der Waals surface area (Å²) >= 11 is 1.65. The third kappa shape index (κ3) is 3.02. The lowest BCUT2D eigenvalue weighted by atomic mass is 9.88. The molecule has 0 radical (unpaired) electrons. The molecule has 1 aromatic rings. The van der Waals surface area contributed by atoms with Crippen LogP contribution in [0.2, 0.25) is 0 Å². The molecule has 0 atom stereocenters. The van der Waals surface area contributed by atoms with Crippen LogP contribution in [0.15, 0.2) is 5.38 Å². The Balaban J connectivity index is 2.72. The first-order chi connectivity index (χ1) is 6.99. The van der Waals surface area contributed by atoms with Gasteiger partial charge in [0.25, 0.3) is 0 Å². The van der Waals surface area contributed by atoms with E-state index in [2.05, 4.69) is 11.9 Å². The quantitative estimate of drug-likeness (QED) is 0.742. The number of hydrogen-bond donors (Lipinski definition) is 0. The van der Waals surface area contributed by atoms with E-state index >= 15 is 0 Å². The van der Waals surface area contributed by atoms with Crippen molar-refractivity contribution >= 4 is 17.3 Å². The van der Waals surface area contributed by atoms with Gasteiger partial charge in [0.05, 0.1) is 23.2 Å². The van der Waals surface area contributed by atoms with Gasteiger partial charge in [0.1, 0.15) is 0 Å². The number of hydrogen-bond acceptors (Lipinski definition) is 4. The van der Waals surface area contributed by atoms with Crippen LogP contribution in [0.1, 0.15) is 31.5 Å². The highest BCUT2D eigenvalue weighted by molar-refractivity contribution is 7.09. The second-order valence-electron chi connectivity index (χ2n) is 4.14. The highest BCUT2D eigenvalue weighted by Crippen LogP contribution is 2.24. The van der Waals surface area contributed by atoms with Crippen molar-refractivity contribution in [3.63, 3.8) is 0 Å². The second kappa shape index (κ2) is 4.75. The van der Waals surface area contributed by atoms with Crippen LogP contribution in [0.3, 0.4) is 0 Å². The fraction of sp³-hybridized carbons (Fsp3) is 0.636. The molecule has 0 fully saturated rings. The molecule has 1 heterocycles. The minimum atomic E-state index is -0.492. The molecule has 15 heavy (non-hydrogen) atoms. The Bertz CT molecular complexity index is 344. The largest absolute Gasteiger partial charge is 0.469 e. The Kier molecular flexibility index (Phi) is 3.85. The van der Waals surface area contributed by atoms with Gasteiger partial charge >= 0.3 is 5.97 Å². The van der Waals surface area contributed by atoms with Gasteiger partial charge in [-0.15, -0.1) is 11.3 Å². The molecule has 1 rings (SSSR count). The van der Waals surface area contributed by atoms with E-state index in [0.29, 0.717) is 6.42 Å². The molecule has 0 aromatic carbocycles. The maximum atomic E-state index is 11.5. The maximum absolute atomic E-state index is 11.5. The van der Waals surface area contributed by atoms with Crippen LogP contribution in [0, 0.1) is 5.41 Å². The van der Waals surface area contributed by atoms with E-state index in [1.807, 2.05) is 19.2 Å². The molecule has 0 aliphatic heterocycles. The number of nitrogens with zero attached hydrogens (tertiary/aromatic N) is 1. The van der Waals surface area contributed by atoms with Gasteiger partial charge in [-0.2, -0.15) is 0 Å². The number of rotatable bonds is 4. The van der Waals surface area contributed by atoms with Crippen LogP contribution in [0.25, 0.3) is 0 Å². The number of ether oxygens (including phenoxy) is 1. The number of carbonyl (C=O) groups excluding carboxylic acids is 1. The number of thiazole rings is 1. The molecule has 0 unspecified atom stereocenters. The number of aromatic nitrogens is 1. The summed E-state index contributed by atoms with van der Waals surface area (Å²) in [7, 11) is 1.42. The number of aryl methyl sites for hydroxylation is 1. The summed E-state index contributed by atoms with van der Waals surface area (Å²) in [5.41, 5.74) is 0.487. The van der Waals surface area contributed by atoms with Crippen LogP contribution in [-0.4, -0.2) is 18.1 Å². The van der Waals surface area contributed by atoms with Crippen molar-refractivity contribution in [3.05, 3.63) is 16.1 Å². The monoisotopic (exact) mass is 227 g/mol. The molecule has 0 aliphatic carbocycles. The van der Waals surface area contributed by atoms with Crippen LogP contribution in [-0.2, 0) is 22.4 Å². The predicted molar refractivity (Wildman–Crippen MR) is 61.0 cm³/mol. The summed E-state index contributed by atoms with van der Waals surface area (Å²) in [4.78, 5) is 15.9.